The van der Waals surface area contributed by atoms with Gasteiger partial charge in [0.2, 0.25) is 5.91 Å². The summed E-state index contributed by atoms with van der Waals surface area (Å²) in [6, 6.07) is 9.24. The lowest BCUT2D eigenvalue weighted by Crippen LogP contribution is -2.48. The van der Waals surface area contributed by atoms with Gasteiger partial charge in [0.25, 0.3) is 5.91 Å². The van der Waals surface area contributed by atoms with E-state index in [0.717, 1.165) is 26.1 Å². The third kappa shape index (κ3) is 4.03. The Kier molecular flexibility index (Phi) is 5.59. The van der Waals surface area contributed by atoms with Crippen LogP contribution < -0.4 is 4.90 Å². The van der Waals surface area contributed by atoms with Gasteiger partial charge in [-0.3, -0.25) is 19.5 Å². The second kappa shape index (κ2) is 8.29. The summed E-state index contributed by atoms with van der Waals surface area (Å²) in [5, 5.41) is 0.536. The maximum absolute atomic E-state index is 13.2. The Morgan fingerprint density at radius 2 is 1.79 bits per heavy atom. The van der Waals surface area contributed by atoms with Gasteiger partial charge in [-0.05, 0) is 42.3 Å². The van der Waals surface area contributed by atoms with Gasteiger partial charge in [0.05, 0.1) is 11.3 Å². The fraction of sp³-hybridized carbons (Fsp3) is 0.381. The second-order valence-electron chi connectivity index (χ2n) is 7.23. The third-order valence-corrected chi connectivity index (χ3v) is 5.60. The molecular formula is C21H23ClN4O2. The highest BCUT2D eigenvalue weighted by atomic mass is 35.5. The zero-order valence-corrected chi connectivity index (χ0v) is 16.4. The lowest BCUT2D eigenvalue weighted by molar-refractivity contribution is -0.117. The van der Waals surface area contributed by atoms with Crippen molar-refractivity contribution >= 4 is 29.1 Å². The molecule has 4 rings (SSSR count). The molecule has 3 heterocycles. The number of pyridine rings is 1. The minimum absolute atomic E-state index is 0.0325. The van der Waals surface area contributed by atoms with Crippen LogP contribution in [0.25, 0.3) is 0 Å². The van der Waals surface area contributed by atoms with E-state index in [9.17, 15) is 9.59 Å². The lowest BCUT2D eigenvalue weighted by atomic mass is 10.1. The summed E-state index contributed by atoms with van der Waals surface area (Å²) in [6.45, 7) is 4.47. The molecule has 28 heavy (non-hydrogen) atoms. The average molecular weight is 399 g/mol. The normalized spacial score (nSPS) is 18.0. The standard InChI is InChI=1S/C21H23ClN4O2/c22-17-3-4-18(19(14-17)26-9-1-2-20(26)27)21(28)25-12-10-24(11-13-25)15-16-5-7-23-8-6-16/h3-8,14H,1-2,9-13,15H2. The summed E-state index contributed by atoms with van der Waals surface area (Å²) in [4.78, 5) is 35.3. The first kappa shape index (κ1) is 18.9. The molecule has 7 heteroatoms. The summed E-state index contributed by atoms with van der Waals surface area (Å²) in [5.41, 5.74) is 2.42. The fourth-order valence-electron chi connectivity index (χ4n) is 3.84. The Hall–Kier alpha value is -2.44. The first-order valence-electron chi connectivity index (χ1n) is 9.62. The van der Waals surface area contributed by atoms with Crippen LogP contribution in [0.2, 0.25) is 5.02 Å². The molecule has 6 nitrogen and oxygen atoms in total. The quantitative estimate of drug-likeness (QED) is 0.794. The first-order chi connectivity index (χ1) is 13.6. The smallest absolute Gasteiger partial charge is 0.256 e. The van der Waals surface area contributed by atoms with Crippen LogP contribution in [0.15, 0.2) is 42.7 Å². The van der Waals surface area contributed by atoms with Crippen LogP contribution in [0.4, 0.5) is 5.69 Å². The molecule has 0 spiro atoms. The summed E-state index contributed by atoms with van der Waals surface area (Å²) in [5.74, 6) is 0.0217. The van der Waals surface area contributed by atoms with E-state index in [2.05, 4.69) is 9.88 Å². The maximum Gasteiger partial charge on any atom is 0.256 e. The largest absolute Gasteiger partial charge is 0.336 e. The third-order valence-electron chi connectivity index (χ3n) is 5.37. The van der Waals surface area contributed by atoms with Crippen molar-refractivity contribution in [2.45, 2.75) is 19.4 Å². The Morgan fingerprint density at radius 3 is 2.46 bits per heavy atom. The summed E-state index contributed by atoms with van der Waals surface area (Å²) < 4.78 is 0. The highest BCUT2D eigenvalue weighted by Gasteiger charge is 2.29. The van der Waals surface area contributed by atoms with Crippen LogP contribution in [0.3, 0.4) is 0 Å². The van der Waals surface area contributed by atoms with Crippen molar-refractivity contribution in [1.82, 2.24) is 14.8 Å². The molecule has 2 aliphatic heterocycles. The SMILES string of the molecule is O=C(c1ccc(Cl)cc1N1CCCC1=O)N1CCN(Cc2ccncc2)CC1. The topological polar surface area (TPSA) is 56.8 Å². The van der Waals surface area contributed by atoms with E-state index in [1.807, 2.05) is 17.0 Å². The van der Waals surface area contributed by atoms with E-state index in [1.165, 1.54) is 5.56 Å². The number of anilines is 1. The molecule has 0 unspecified atom stereocenters. The zero-order valence-electron chi connectivity index (χ0n) is 15.7. The van der Waals surface area contributed by atoms with E-state index < -0.39 is 0 Å². The number of nitrogens with zero attached hydrogens (tertiary/aromatic N) is 4. The van der Waals surface area contributed by atoms with Crippen molar-refractivity contribution in [2.75, 3.05) is 37.6 Å². The highest BCUT2D eigenvalue weighted by Crippen LogP contribution is 2.30. The summed E-state index contributed by atoms with van der Waals surface area (Å²) >= 11 is 6.16. The van der Waals surface area contributed by atoms with Crippen molar-refractivity contribution < 1.29 is 9.59 Å². The maximum atomic E-state index is 13.2. The lowest BCUT2D eigenvalue weighted by Gasteiger charge is -2.35. The van der Waals surface area contributed by atoms with Gasteiger partial charge < -0.3 is 9.80 Å². The minimum atomic E-state index is -0.0325. The summed E-state index contributed by atoms with van der Waals surface area (Å²) in [7, 11) is 0. The van der Waals surface area contributed by atoms with Gasteiger partial charge in [-0.2, -0.15) is 0 Å². The van der Waals surface area contributed by atoms with Crippen LogP contribution in [-0.2, 0) is 11.3 Å². The number of rotatable bonds is 4. The number of aromatic nitrogens is 1. The first-order valence-corrected chi connectivity index (χ1v) is 10.00. The molecule has 1 aromatic carbocycles. The highest BCUT2D eigenvalue weighted by molar-refractivity contribution is 6.31. The van der Waals surface area contributed by atoms with E-state index >= 15 is 0 Å². The van der Waals surface area contributed by atoms with E-state index in [0.29, 0.717) is 42.3 Å². The Balaban J connectivity index is 1.45. The molecule has 2 aromatic rings. The van der Waals surface area contributed by atoms with Crippen molar-refractivity contribution in [2.24, 2.45) is 0 Å². The van der Waals surface area contributed by atoms with Gasteiger partial charge in [0.15, 0.2) is 0 Å². The Bertz CT molecular complexity index is 866. The van der Waals surface area contributed by atoms with Gasteiger partial charge in [0, 0.05) is 63.1 Å². The van der Waals surface area contributed by atoms with Crippen LogP contribution in [0.5, 0.6) is 0 Å². The number of halogens is 1. The van der Waals surface area contributed by atoms with Crippen LogP contribution >= 0.6 is 11.6 Å². The predicted octanol–water partition coefficient (Wildman–Crippen LogP) is 2.82. The molecule has 0 bridgehead atoms. The molecule has 2 aliphatic rings. The van der Waals surface area contributed by atoms with Gasteiger partial charge in [-0.15, -0.1) is 0 Å². The second-order valence-corrected chi connectivity index (χ2v) is 7.67. The van der Waals surface area contributed by atoms with Crippen LogP contribution in [0.1, 0.15) is 28.8 Å². The number of carbonyl (C=O) groups is 2. The molecule has 146 valence electrons. The molecule has 0 atom stereocenters. The number of hydrogen-bond donors (Lipinski definition) is 0. The molecule has 0 aliphatic carbocycles. The number of hydrogen-bond acceptors (Lipinski definition) is 4. The molecule has 2 amide bonds. The molecule has 1 aromatic heterocycles. The zero-order chi connectivity index (χ0) is 19.5. The molecule has 0 radical (unpaired) electrons. The number of amides is 2. The van der Waals surface area contributed by atoms with Crippen molar-refractivity contribution in [1.29, 1.82) is 0 Å². The van der Waals surface area contributed by atoms with Crippen molar-refractivity contribution in [3.8, 4) is 0 Å². The number of carbonyl (C=O) groups excluding carboxylic acids is 2. The Morgan fingerprint density at radius 1 is 1.04 bits per heavy atom. The number of benzene rings is 1. The van der Waals surface area contributed by atoms with Gasteiger partial charge >= 0.3 is 0 Å². The van der Waals surface area contributed by atoms with Gasteiger partial charge in [0.1, 0.15) is 0 Å². The molecule has 2 fully saturated rings. The predicted molar refractivity (Wildman–Crippen MR) is 108 cm³/mol. The molecule has 0 N–H and O–H groups in total. The molecule has 2 saturated heterocycles. The van der Waals surface area contributed by atoms with Gasteiger partial charge in [-0.1, -0.05) is 11.6 Å². The Labute approximate surface area is 169 Å². The molecule has 0 saturated carbocycles. The minimum Gasteiger partial charge on any atom is -0.336 e. The monoisotopic (exact) mass is 398 g/mol. The average Bonchev–Trinajstić information content (AvgIpc) is 3.14. The summed E-state index contributed by atoms with van der Waals surface area (Å²) in [6.07, 6.45) is 4.94. The van der Waals surface area contributed by atoms with Crippen LogP contribution in [-0.4, -0.2) is 59.3 Å². The number of piperazine rings is 1. The van der Waals surface area contributed by atoms with Gasteiger partial charge in [-0.25, -0.2) is 0 Å². The fourth-order valence-corrected chi connectivity index (χ4v) is 4.00. The van der Waals surface area contributed by atoms with E-state index in [-0.39, 0.29) is 11.8 Å². The molecular weight excluding hydrogens is 376 g/mol. The van der Waals surface area contributed by atoms with Crippen molar-refractivity contribution in [3.63, 3.8) is 0 Å². The van der Waals surface area contributed by atoms with Crippen molar-refractivity contribution in [3.05, 3.63) is 58.9 Å². The van der Waals surface area contributed by atoms with Crippen LogP contribution in [0, 0.1) is 0 Å². The van der Waals surface area contributed by atoms with E-state index in [1.54, 1.807) is 35.5 Å². The van der Waals surface area contributed by atoms with E-state index in [4.69, 9.17) is 11.6 Å².